The van der Waals surface area contributed by atoms with E-state index in [2.05, 4.69) is 0 Å². The summed E-state index contributed by atoms with van der Waals surface area (Å²) in [4.78, 5) is 0. The lowest BCUT2D eigenvalue weighted by Gasteiger charge is -2.02. The summed E-state index contributed by atoms with van der Waals surface area (Å²) in [5.74, 6) is 0.225. The molecular weight excluding hydrogens is 138 g/mol. The van der Waals surface area contributed by atoms with Crippen molar-refractivity contribution in [2.75, 3.05) is 0 Å². The van der Waals surface area contributed by atoms with E-state index in [9.17, 15) is 5.11 Å². The Hall–Kier alpha value is -1.44. The Bertz CT molecular complexity index is 279. The molecule has 1 aromatic rings. The van der Waals surface area contributed by atoms with E-state index in [1.165, 1.54) is 0 Å². The van der Waals surface area contributed by atoms with E-state index in [4.69, 9.17) is 5.73 Å². The minimum atomic E-state index is 0.225. The molecule has 0 radical (unpaired) electrons. The summed E-state index contributed by atoms with van der Waals surface area (Å²) < 4.78 is 0. The van der Waals surface area contributed by atoms with Gasteiger partial charge in [-0.05, 0) is 19.1 Å². The summed E-state index contributed by atoms with van der Waals surface area (Å²) >= 11 is 0. The van der Waals surface area contributed by atoms with Gasteiger partial charge >= 0.3 is 0 Å². The highest BCUT2D eigenvalue weighted by Crippen LogP contribution is 2.20. The molecule has 1 rings (SSSR count). The van der Waals surface area contributed by atoms with Crippen molar-refractivity contribution >= 4 is 5.70 Å². The van der Waals surface area contributed by atoms with Gasteiger partial charge in [0.15, 0.2) is 0 Å². The van der Waals surface area contributed by atoms with Gasteiger partial charge in [-0.25, -0.2) is 0 Å². The van der Waals surface area contributed by atoms with Gasteiger partial charge in [-0.2, -0.15) is 0 Å². The Morgan fingerprint density at radius 2 is 2.09 bits per heavy atom. The highest BCUT2D eigenvalue weighted by Gasteiger charge is 1.99. The van der Waals surface area contributed by atoms with Crippen LogP contribution in [0.1, 0.15) is 12.5 Å². The van der Waals surface area contributed by atoms with Crippen LogP contribution in [0.25, 0.3) is 5.70 Å². The standard InChI is InChI=1S/C9H11NO/c1-2-8(10)7-5-3-4-6-9(7)11/h2-6,11H,10H2,1H3. The predicted molar refractivity (Wildman–Crippen MR) is 45.9 cm³/mol. The lowest BCUT2D eigenvalue weighted by atomic mass is 10.1. The van der Waals surface area contributed by atoms with Crippen molar-refractivity contribution in [3.05, 3.63) is 35.9 Å². The fraction of sp³-hybridized carbons (Fsp3) is 0.111. The molecule has 0 aliphatic carbocycles. The van der Waals surface area contributed by atoms with Crippen molar-refractivity contribution in [1.82, 2.24) is 0 Å². The molecule has 0 unspecified atom stereocenters. The molecule has 0 saturated heterocycles. The molecule has 3 N–H and O–H groups in total. The van der Waals surface area contributed by atoms with Crippen LogP contribution >= 0.6 is 0 Å². The number of para-hydroxylation sites is 1. The molecule has 11 heavy (non-hydrogen) atoms. The highest BCUT2D eigenvalue weighted by molar-refractivity contribution is 5.67. The van der Waals surface area contributed by atoms with Crippen molar-refractivity contribution in [1.29, 1.82) is 0 Å². The molecule has 0 fully saturated rings. The van der Waals surface area contributed by atoms with E-state index in [0.717, 1.165) is 0 Å². The summed E-state index contributed by atoms with van der Waals surface area (Å²) in [7, 11) is 0. The number of allylic oxidation sites excluding steroid dienone is 1. The van der Waals surface area contributed by atoms with Crippen LogP contribution in [-0.4, -0.2) is 5.11 Å². The van der Waals surface area contributed by atoms with Gasteiger partial charge in [-0.3, -0.25) is 0 Å². The average molecular weight is 149 g/mol. The first kappa shape index (κ1) is 7.66. The van der Waals surface area contributed by atoms with Gasteiger partial charge in [0.1, 0.15) is 5.75 Å². The van der Waals surface area contributed by atoms with Crippen LogP contribution in [0, 0.1) is 0 Å². The predicted octanol–water partition coefficient (Wildman–Crippen LogP) is 1.71. The van der Waals surface area contributed by atoms with Crippen molar-refractivity contribution in [2.24, 2.45) is 5.73 Å². The first-order chi connectivity index (χ1) is 5.25. The topological polar surface area (TPSA) is 46.2 Å². The van der Waals surface area contributed by atoms with Gasteiger partial charge in [0, 0.05) is 11.3 Å². The third-order valence-corrected chi connectivity index (χ3v) is 1.53. The fourth-order valence-electron chi connectivity index (χ4n) is 0.873. The van der Waals surface area contributed by atoms with Crippen LogP contribution in [0.4, 0.5) is 0 Å². The van der Waals surface area contributed by atoms with E-state index in [1.807, 2.05) is 13.0 Å². The third-order valence-electron chi connectivity index (χ3n) is 1.53. The molecule has 2 nitrogen and oxygen atoms in total. The molecule has 2 heteroatoms. The Balaban J connectivity index is 3.14. The molecule has 1 aromatic carbocycles. The van der Waals surface area contributed by atoms with E-state index < -0.39 is 0 Å². The SMILES string of the molecule is CC=C(N)c1ccccc1O. The summed E-state index contributed by atoms with van der Waals surface area (Å²) in [6, 6.07) is 7.00. The number of phenolic OH excluding ortho intramolecular Hbond substituents is 1. The summed E-state index contributed by atoms with van der Waals surface area (Å²) in [6.07, 6.45) is 1.76. The monoisotopic (exact) mass is 149 g/mol. The molecule has 0 atom stereocenters. The number of phenols is 1. The van der Waals surface area contributed by atoms with Crippen LogP contribution in [0.15, 0.2) is 30.3 Å². The van der Waals surface area contributed by atoms with E-state index >= 15 is 0 Å². The summed E-state index contributed by atoms with van der Waals surface area (Å²) in [5, 5.41) is 9.29. The molecule has 58 valence electrons. The second-order valence-electron chi connectivity index (χ2n) is 2.26. The van der Waals surface area contributed by atoms with E-state index in [1.54, 1.807) is 24.3 Å². The molecule has 0 bridgehead atoms. The first-order valence-electron chi connectivity index (χ1n) is 3.46. The van der Waals surface area contributed by atoms with Gasteiger partial charge in [0.05, 0.1) is 0 Å². The van der Waals surface area contributed by atoms with Crippen LogP contribution in [0.5, 0.6) is 5.75 Å². The lowest BCUT2D eigenvalue weighted by molar-refractivity contribution is 0.473. The quantitative estimate of drug-likeness (QED) is 0.638. The smallest absolute Gasteiger partial charge is 0.124 e. The minimum Gasteiger partial charge on any atom is -0.507 e. The molecule has 0 heterocycles. The normalized spacial score (nSPS) is 11.5. The number of hydrogen-bond donors (Lipinski definition) is 2. The third kappa shape index (κ3) is 1.52. The largest absolute Gasteiger partial charge is 0.507 e. The zero-order chi connectivity index (χ0) is 8.27. The molecule has 0 spiro atoms. The molecule has 0 aliphatic heterocycles. The maximum absolute atomic E-state index is 9.29. The van der Waals surface area contributed by atoms with Crippen molar-refractivity contribution < 1.29 is 5.11 Å². The molecule has 0 saturated carbocycles. The number of hydrogen-bond acceptors (Lipinski definition) is 2. The summed E-state index contributed by atoms with van der Waals surface area (Å²) in [6.45, 7) is 1.84. The lowest BCUT2D eigenvalue weighted by Crippen LogP contribution is -1.95. The number of nitrogens with two attached hydrogens (primary N) is 1. The highest BCUT2D eigenvalue weighted by atomic mass is 16.3. The van der Waals surface area contributed by atoms with Crippen molar-refractivity contribution in [2.45, 2.75) is 6.92 Å². The maximum Gasteiger partial charge on any atom is 0.124 e. The van der Waals surface area contributed by atoms with Gasteiger partial charge < -0.3 is 10.8 Å². The Morgan fingerprint density at radius 1 is 1.45 bits per heavy atom. The number of benzene rings is 1. The van der Waals surface area contributed by atoms with Crippen molar-refractivity contribution in [3.63, 3.8) is 0 Å². The van der Waals surface area contributed by atoms with Crippen molar-refractivity contribution in [3.8, 4) is 5.75 Å². The maximum atomic E-state index is 9.29. The van der Waals surface area contributed by atoms with Gasteiger partial charge in [0.2, 0.25) is 0 Å². The fourth-order valence-corrected chi connectivity index (χ4v) is 0.873. The number of rotatable bonds is 1. The Morgan fingerprint density at radius 3 is 2.64 bits per heavy atom. The summed E-state index contributed by atoms with van der Waals surface area (Å²) in [5.41, 5.74) is 6.89. The molecule has 0 aromatic heterocycles. The van der Waals surface area contributed by atoms with E-state index in [0.29, 0.717) is 11.3 Å². The van der Waals surface area contributed by atoms with Gasteiger partial charge in [-0.1, -0.05) is 18.2 Å². The van der Waals surface area contributed by atoms with Crippen LogP contribution in [0.3, 0.4) is 0 Å². The van der Waals surface area contributed by atoms with Gasteiger partial charge in [-0.15, -0.1) is 0 Å². The van der Waals surface area contributed by atoms with Crippen LogP contribution < -0.4 is 5.73 Å². The molecule has 0 amide bonds. The Labute approximate surface area is 66.0 Å². The molecular formula is C9H11NO. The van der Waals surface area contributed by atoms with Crippen LogP contribution in [-0.2, 0) is 0 Å². The molecule has 0 aliphatic rings. The van der Waals surface area contributed by atoms with Gasteiger partial charge in [0.25, 0.3) is 0 Å². The Kier molecular flexibility index (Phi) is 2.16. The number of aromatic hydroxyl groups is 1. The second kappa shape index (κ2) is 3.10. The second-order valence-corrected chi connectivity index (χ2v) is 2.26. The van der Waals surface area contributed by atoms with Crippen LogP contribution in [0.2, 0.25) is 0 Å². The zero-order valence-corrected chi connectivity index (χ0v) is 6.41. The first-order valence-corrected chi connectivity index (χ1v) is 3.46. The average Bonchev–Trinajstić information content (AvgIpc) is 2.04. The zero-order valence-electron chi connectivity index (χ0n) is 6.41. The van der Waals surface area contributed by atoms with E-state index in [-0.39, 0.29) is 5.75 Å². The minimum absolute atomic E-state index is 0.225.